The maximum absolute atomic E-state index is 13.8. The zero-order chi connectivity index (χ0) is 19.5. The summed E-state index contributed by atoms with van der Waals surface area (Å²) in [4.78, 5) is 24.2. The number of alkyl halides is 3. The Morgan fingerprint density at radius 2 is 1.88 bits per heavy atom. The van der Waals surface area contributed by atoms with Gasteiger partial charge in [-0.05, 0) is 31.2 Å². The number of esters is 1. The van der Waals surface area contributed by atoms with Gasteiger partial charge in [0.1, 0.15) is 11.1 Å². The average molecular weight is 389 g/mol. The third-order valence-electron chi connectivity index (χ3n) is 4.11. The number of methoxy groups -OCH3 is 1. The minimum atomic E-state index is -5.19. The first-order valence-electron chi connectivity index (χ1n) is 7.93. The first kappa shape index (κ1) is 20.0. The van der Waals surface area contributed by atoms with Crippen molar-refractivity contribution in [3.63, 3.8) is 0 Å². The summed E-state index contributed by atoms with van der Waals surface area (Å²) in [6.45, 7) is 0.861. The molecule has 0 aliphatic heterocycles. The summed E-state index contributed by atoms with van der Waals surface area (Å²) in [6.07, 6.45) is -1.24. The highest BCUT2D eigenvalue weighted by Crippen LogP contribution is 2.41. The maximum atomic E-state index is 13.8. The molecule has 1 aromatic heterocycles. The fourth-order valence-corrected chi connectivity index (χ4v) is 4.22. The van der Waals surface area contributed by atoms with Gasteiger partial charge >= 0.3 is 17.8 Å². The molecule has 0 saturated heterocycles. The van der Waals surface area contributed by atoms with Gasteiger partial charge in [0.05, 0.1) is 12.7 Å². The van der Waals surface area contributed by atoms with Crippen LogP contribution in [0.5, 0.6) is 0 Å². The zero-order valence-corrected chi connectivity index (χ0v) is 15.1. The highest BCUT2D eigenvalue weighted by atomic mass is 32.1. The summed E-state index contributed by atoms with van der Waals surface area (Å²) in [5.41, 5.74) is -2.68. The minimum Gasteiger partial charge on any atom is -0.466 e. The number of thiophene rings is 1. The number of hydrogen-bond acceptors (Lipinski definition) is 6. The highest BCUT2D eigenvalue weighted by Gasteiger charge is 2.63. The molecule has 0 unspecified atom stereocenters. The van der Waals surface area contributed by atoms with Crippen molar-refractivity contribution in [2.45, 2.75) is 50.9 Å². The number of halogens is 3. The molecule has 2 N–H and O–H groups in total. The van der Waals surface area contributed by atoms with Crippen molar-refractivity contribution in [3.05, 3.63) is 16.0 Å². The molecule has 0 aromatic carbocycles. The van der Waals surface area contributed by atoms with Gasteiger partial charge in [-0.2, -0.15) is 18.4 Å². The molecule has 0 bridgehead atoms. The molecule has 0 saturated carbocycles. The molecule has 0 radical (unpaired) electrons. The van der Waals surface area contributed by atoms with E-state index in [9.17, 15) is 28.0 Å². The van der Waals surface area contributed by atoms with Crippen LogP contribution in [-0.4, -0.2) is 30.8 Å². The van der Waals surface area contributed by atoms with Crippen molar-refractivity contribution >= 4 is 28.2 Å². The number of amides is 1. The second-order valence-electron chi connectivity index (χ2n) is 5.93. The van der Waals surface area contributed by atoms with E-state index < -0.39 is 23.7 Å². The SMILES string of the molecule is COC(=O)[C@](NC(C)=O)(Nc1sc2c(c1C#N)CCCCC2)C(F)(F)F. The first-order chi connectivity index (χ1) is 12.2. The number of hydrogen-bond donors (Lipinski definition) is 2. The number of anilines is 1. The molecule has 26 heavy (non-hydrogen) atoms. The number of nitrogens with zero attached hydrogens (tertiary/aromatic N) is 1. The number of nitrogens with one attached hydrogen (secondary N) is 2. The van der Waals surface area contributed by atoms with Crippen LogP contribution in [0.3, 0.4) is 0 Å². The van der Waals surface area contributed by atoms with E-state index in [4.69, 9.17) is 0 Å². The van der Waals surface area contributed by atoms with Crippen molar-refractivity contribution in [2.24, 2.45) is 0 Å². The van der Waals surface area contributed by atoms with Crippen LogP contribution < -0.4 is 10.6 Å². The largest absolute Gasteiger partial charge is 0.466 e. The fraction of sp³-hybridized carbons (Fsp3) is 0.562. The smallest absolute Gasteiger partial charge is 0.441 e. The Bertz CT molecular complexity index is 754. The number of carbonyl (C=O) groups excluding carboxylic acids is 2. The Morgan fingerprint density at radius 3 is 2.42 bits per heavy atom. The lowest BCUT2D eigenvalue weighted by atomic mass is 10.1. The van der Waals surface area contributed by atoms with Gasteiger partial charge in [-0.1, -0.05) is 6.42 Å². The lowest BCUT2D eigenvalue weighted by Crippen LogP contribution is -2.69. The highest BCUT2D eigenvalue weighted by molar-refractivity contribution is 7.16. The molecule has 1 aliphatic carbocycles. The molecule has 6 nitrogen and oxygen atoms in total. The van der Waals surface area contributed by atoms with Crippen molar-refractivity contribution < 1.29 is 27.5 Å². The van der Waals surface area contributed by atoms with E-state index in [2.05, 4.69) is 10.1 Å². The monoisotopic (exact) mass is 389 g/mol. The molecule has 1 aromatic rings. The first-order valence-corrected chi connectivity index (χ1v) is 8.74. The van der Waals surface area contributed by atoms with Crippen LogP contribution in [0.15, 0.2) is 0 Å². The topological polar surface area (TPSA) is 91.2 Å². The van der Waals surface area contributed by atoms with Crippen LogP contribution in [0.1, 0.15) is 42.2 Å². The lowest BCUT2D eigenvalue weighted by molar-refractivity contribution is -0.206. The Kier molecular flexibility index (Phi) is 5.81. The predicted octanol–water partition coefficient (Wildman–Crippen LogP) is 2.87. The van der Waals surface area contributed by atoms with Gasteiger partial charge in [0.2, 0.25) is 5.91 Å². The second kappa shape index (κ2) is 7.53. The molecular formula is C16H18F3N3O3S. The van der Waals surface area contributed by atoms with Crippen molar-refractivity contribution in [3.8, 4) is 6.07 Å². The zero-order valence-electron chi connectivity index (χ0n) is 14.2. The minimum absolute atomic E-state index is 0.0785. The molecule has 2 rings (SSSR count). The van der Waals surface area contributed by atoms with Gasteiger partial charge in [0.15, 0.2) is 0 Å². The quantitative estimate of drug-likeness (QED) is 0.469. The van der Waals surface area contributed by atoms with Gasteiger partial charge in [0.25, 0.3) is 0 Å². The van der Waals surface area contributed by atoms with Crippen molar-refractivity contribution in [1.29, 1.82) is 5.26 Å². The number of nitriles is 1. The molecule has 0 fully saturated rings. The van der Waals surface area contributed by atoms with Crippen LogP contribution >= 0.6 is 11.3 Å². The van der Waals surface area contributed by atoms with E-state index in [1.54, 1.807) is 5.32 Å². The Balaban J connectivity index is 2.57. The summed E-state index contributed by atoms with van der Waals surface area (Å²) in [5.74, 6) is -2.79. The Morgan fingerprint density at radius 1 is 1.23 bits per heavy atom. The van der Waals surface area contributed by atoms with E-state index in [1.807, 2.05) is 6.07 Å². The summed E-state index contributed by atoms with van der Waals surface area (Å²) >= 11 is 1.01. The number of fused-ring (bicyclic) bond motifs is 1. The van der Waals surface area contributed by atoms with Crippen LogP contribution in [0.25, 0.3) is 0 Å². The molecule has 10 heteroatoms. The van der Waals surface area contributed by atoms with Gasteiger partial charge in [-0.3, -0.25) is 4.79 Å². The summed E-state index contributed by atoms with van der Waals surface area (Å²) in [5, 5.41) is 13.1. The number of ether oxygens (including phenoxy) is 1. The molecule has 142 valence electrons. The molecule has 1 amide bonds. The average Bonchev–Trinajstić information content (AvgIpc) is 2.71. The molecule has 1 atom stereocenters. The second-order valence-corrected chi connectivity index (χ2v) is 7.03. The molecular weight excluding hydrogens is 371 g/mol. The lowest BCUT2D eigenvalue weighted by Gasteiger charge is -2.34. The van der Waals surface area contributed by atoms with Gasteiger partial charge in [-0.25, -0.2) is 4.79 Å². The third kappa shape index (κ3) is 3.62. The summed E-state index contributed by atoms with van der Waals surface area (Å²) < 4.78 is 45.7. The normalized spacial score (nSPS) is 16.5. The standard InChI is InChI=1S/C16H18F3N3O3S/c1-9(23)21-15(14(24)25-2,16(17,18)19)22-13-11(8-20)10-6-4-3-5-7-12(10)26-13/h22H,3-7H2,1-2H3,(H,21,23)/t15-/m0/s1. The van der Waals surface area contributed by atoms with E-state index in [-0.39, 0.29) is 10.6 Å². The Hall–Kier alpha value is -2.28. The maximum Gasteiger partial charge on any atom is 0.441 e. The van der Waals surface area contributed by atoms with E-state index in [0.29, 0.717) is 18.4 Å². The van der Waals surface area contributed by atoms with E-state index in [0.717, 1.165) is 49.5 Å². The fourth-order valence-electron chi connectivity index (χ4n) is 2.93. The summed E-state index contributed by atoms with van der Waals surface area (Å²) in [6, 6.07) is 1.93. The van der Waals surface area contributed by atoms with Crippen molar-refractivity contribution in [1.82, 2.24) is 5.32 Å². The van der Waals surface area contributed by atoms with E-state index in [1.165, 1.54) is 0 Å². The van der Waals surface area contributed by atoms with Crippen LogP contribution in [0.4, 0.5) is 18.2 Å². The van der Waals surface area contributed by atoms with E-state index >= 15 is 0 Å². The van der Waals surface area contributed by atoms with Crippen LogP contribution in [-0.2, 0) is 27.2 Å². The van der Waals surface area contributed by atoms with Crippen LogP contribution in [0.2, 0.25) is 0 Å². The summed E-state index contributed by atoms with van der Waals surface area (Å²) in [7, 11) is 0.793. The predicted molar refractivity (Wildman–Crippen MR) is 88.5 cm³/mol. The number of rotatable bonds is 4. The molecule has 0 spiro atoms. The van der Waals surface area contributed by atoms with Crippen LogP contribution in [0, 0.1) is 11.3 Å². The molecule has 1 aliphatic rings. The van der Waals surface area contributed by atoms with Gasteiger partial charge in [-0.15, -0.1) is 11.3 Å². The Labute approximate surface area is 152 Å². The van der Waals surface area contributed by atoms with Gasteiger partial charge in [0, 0.05) is 11.8 Å². The number of aryl methyl sites for hydroxylation is 1. The third-order valence-corrected chi connectivity index (χ3v) is 5.32. The molecule has 1 heterocycles. The number of carbonyl (C=O) groups is 2. The van der Waals surface area contributed by atoms with Crippen molar-refractivity contribution in [2.75, 3.05) is 12.4 Å². The van der Waals surface area contributed by atoms with Gasteiger partial charge < -0.3 is 15.4 Å².